The highest BCUT2D eigenvalue weighted by Gasteiger charge is 2.25. The van der Waals surface area contributed by atoms with Gasteiger partial charge in [0.05, 0.1) is 17.8 Å². The van der Waals surface area contributed by atoms with Gasteiger partial charge in [-0.15, -0.1) is 0 Å². The third kappa shape index (κ3) is 4.84. The Morgan fingerprint density at radius 3 is 2.76 bits per heavy atom. The molecule has 0 spiro atoms. The molecule has 118 valence electrons. The Hall–Kier alpha value is -1.37. The van der Waals surface area contributed by atoms with Gasteiger partial charge in [-0.1, -0.05) is 11.6 Å². The van der Waals surface area contributed by atoms with Gasteiger partial charge in [0, 0.05) is 32.4 Å². The van der Waals surface area contributed by atoms with Crippen molar-refractivity contribution in [3.05, 3.63) is 22.5 Å². The van der Waals surface area contributed by atoms with Crippen molar-refractivity contribution in [3.8, 4) is 0 Å². The van der Waals surface area contributed by atoms with E-state index >= 15 is 0 Å². The van der Waals surface area contributed by atoms with Crippen LogP contribution in [0.25, 0.3) is 6.08 Å². The van der Waals surface area contributed by atoms with Gasteiger partial charge in [0.1, 0.15) is 5.15 Å². The average Bonchev–Trinajstić information content (AvgIpc) is 2.61. The van der Waals surface area contributed by atoms with E-state index in [0.717, 1.165) is 5.69 Å². The number of nitrogens with zero attached hydrogens (tertiary/aromatic N) is 2. The van der Waals surface area contributed by atoms with E-state index in [-0.39, 0.29) is 12.5 Å². The number of ether oxygens (including phenoxy) is 1. The summed E-state index contributed by atoms with van der Waals surface area (Å²) in [5.41, 5.74) is 0.852. The van der Waals surface area contributed by atoms with Crippen LogP contribution in [0.1, 0.15) is 24.6 Å². The molecule has 0 saturated carbocycles. The number of aryl methyl sites for hydroxylation is 2. The Bertz CT molecular complexity index is 520. The molecule has 0 aliphatic carbocycles. The van der Waals surface area contributed by atoms with Crippen molar-refractivity contribution in [2.24, 2.45) is 7.05 Å². The minimum absolute atomic E-state index is 0.0304. The SMILES string of the molecule is COCC(C)(CCO)NC(=O)/C=C/c1c(C)nn(C)c1Cl. The second-order valence-corrected chi connectivity index (χ2v) is 5.56. The number of hydrogen-bond donors (Lipinski definition) is 2. The number of halogens is 1. The molecule has 0 fully saturated rings. The minimum Gasteiger partial charge on any atom is -0.396 e. The van der Waals surface area contributed by atoms with Crippen LogP contribution in [-0.2, 0) is 16.6 Å². The van der Waals surface area contributed by atoms with Gasteiger partial charge in [-0.25, -0.2) is 0 Å². The minimum atomic E-state index is -0.612. The highest BCUT2D eigenvalue weighted by molar-refractivity contribution is 6.31. The summed E-state index contributed by atoms with van der Waals surface area (Å²) >= 11 is 6.09. The fraction of sp³-hybridized carbons (Fsp3) is 0.571. The second-order valence-electron chi connectivity index (χ2n) is 5.20. The van der Waals surface area contributed by atoms with E-state index in [9.17, 15) is 4.79 Å². The van der Waals surface area contributed by atoms with Crippen molar-refractivity contribution >= 4 is 23.6 Å². The van der Waals surface area contributed by atoms with Crippen LogP contribution in [0.2, 0.25) is 5.15 Å². The average molecular weight is 316 g/mol. The second kappa shape index (κ2) is 7.59. The van der Waals surface area contributed by atoms with Crippen LogP contribution < -0.4 is 5.32 Å². The summed E-state index contributed by atoms with van der Waals surface area (Å²) in [6.07, 6.45) is 3.44. The smallest absolute Gasteiger partial charge is 0.244 e. The predicted octanol–water partition coefficient (Wildman–Crippen LogP) is 1.30. The van der Waals surface area contributed by atoms with E-state index in [1.807, 2.05) is 13.8 Å². The topological polar surface area (TPSA) is 76.4 Å². The van der Waals surface area contributed by atoms with Crippen molar-refractivity contribution in [3.63, 3.8) is 0 Å². The summed E-state index contributed by atoms with van der Waals surface area (Å²) in [4.78, 5) is 12.0. The van der Waals surface area contributed by atoms with E-state index in [4.69, 9.17) is 21.4 Å². The molecule has 21 heavy (non-hydrogen) atoms. The Morgan fingerprint density at radius 2 is 2.29 bits per heavy atom. The first-order valence-corrected chi connectivity index (χ1v) is 7.00. The fourth-order valence-electron chi connectivity index (χ4n) is 2.07. The number of aromatic nitrogens is 2. The van der Waals surface area contributed by atoms with Gasteiger partial charge >= 0.3 is 0 Å². The maximum atomic E-state index is 12.0. The van der Waals surface area contributed by atoms with Crippen LogP contribution in [0.3, 0.4) is 0 Å². The third-order valence-electron chi connectivity index (χ3n) is 3.15. The van der Waals surface area contributed by atoms with E-state index in [2.05, 4.69) is 10.4 Å². The van der Waals surface area contributed by atoms with E-state index in [0.29, 0.717) is 23.7 Å². The summed E-state index contributed by atoms with van der Waals surface area (Å²) < 4.78 is 6.63. The van der Waals surface area contributed by atoms with E-state index < -0.39 is 5.54 Å². The first-order chi connectivity index (χ1) is 9.83. The molecule has 0 aromatic carbocycles. The number of carbonyl (C=O) groups excluding carboxylic acids is 1. The molecule has 1 heterocycles. The van der Waals surface area contributed by atoms with Gasteiger partial charge < -0.3 is 15.2 Å². The molecular weight excluding hydrogens is 294 g/mol. The van der Waals surface area contributed by atoms with Crippen LogP contribution in [0, 0.1) is 6.92 Å². The van der Waals surface area contributed by atoms with Gasteiger partial charge in [-0.3, -0.25) is 9.48 Å². The van der Waals surface area contributed by atoms with Crippen LogP contribution >= 0.6 is 11.6 Å². The number of rotatable bonds is 7. The molecule has 1 aromatic rings. The fourth-order valence-corrected chi connectivity index (χ4v) is 2.31. The summed E-state index contributed by atoms with van der Waals surface area (Å²) in [5, 5.41) is 16.6. The molecule has 7 heteroatoms. The first kappa shape index (κ1) is 17.7. The highest BCUT2D eigenvalue weighted by atomic mass is 35.5. The predicted molar refractivity (Wildman–Crippen MR) is 82.1 cm³/mol. The summed E-state index contributed by atoms with van der Waals surface area (Å²) in [5.74, 6) is -0.276. The molecule has 1 rings (SSSR count). The molecule has 0 aliphatic heterocycles. The van der Waals surface area contributed by atoms with Gasteiger partial charge in [0.2, 0.25) is 5.91 Å². The highest BCUT2D eigenvalue weighted by Crippen LogP contribution is 2.20. The Balaban J connectivity index is 2.78. The van der Waals surface area contributed by atoms with Gasteiger partial charge in [0.15, 0.2) is 0 Å². The number of hydrogen-bond acceptors (Lipinski definition) is 4. The zero-order chi connectivity index (χ0) is 16.0. The normalized spacial score (nSPS) is 14.4. The number of methoxy groups -OCH3 is 1. The molecule has 0 bridgehead atoms. The molecule has 0 saturated heterocycles. The molecule has 1 unspecified atom stereocenters. The quantitative estimate of drug-likeness (QED) is 0.744. The lowest BCUT2D eigenvalue weighted by Gasteiger charge is -2.28. The molecule has 1 atom stereocenters. The summed E-state index contributed by atoms with van der Waals surface area (Å²) in [6.45, 7) is 3.93. The first-order valence-electron chi connectivity index (χ1n) is 6.62. The standard InChI is InChI=1S/C14H22ClN3O3/c1-10-11(13(15)18(3)17-10)5-6-12(20)16-14(2,7-8-19)9-21-4/h5-6,19H,7-9H2,1-4H3,(H,16,20)/b6-5+. The van der Waals surface area contributed by atoms with Crippen LogP contribution in [0.5, 0.6) is 0 Å². The van der Waals surface area contributed by atoms with E-state index in [1.165, 1.54) is 6.08 Å². The van der Waals surface area contributed by atoms with Crippen molar-refractivity contribution in [2.45, 2.75) is 25.8 Å². The lowest BCUT2D eigenvalue weighted by atomic mass is 9.99. The lowest BCUT2D eigenvalue weighted by Crippen LogP contribution is -2.49. The van der Waals surface area contributed by atoms with E-state index in [1.54, 1.807) is 24.9 Å². The van der Waals surface area contributed by atoms with Crippen LogP contribution in [0.4, 0.5) is 0 Å². The van der Waals surface area contributed by atoms with Crippen LogP contribution in [-0.4, -0.2) is 46.7 Å². The largest absolute Gasteiger partial charge is 0.396 e. The number of amides is 1. The Kier molecular flexibility index (Phi) is 6.39. The molecule has 0 aliphatic rings. The maximum Gasteiger partial charge on any atom is 0.244 e. The van der Waals surface area contributed by atoms with Crippen LogP contribution in [0.15, 0.2) is 6.08 Å². The summed E-state index contributed by atoms with van der Waals surface area (Å²) in [6, 6.07) is 0. The lowest BCUT2D eigenvalue weighted by molar-refractivity contribution is -0.119. The third-order valence-corrected chi connectivity index (χ3v) is 3.60. The van der Waals surface area contributed by atoms with Crippen molar-refractivity contribution in [1.82, 2.24) is 15.1 Å². The number of aliphatic hydroxyl groups excluding tert-OH is 1. The number of aliphatic hydroxyl groups is 1. The summed E-state index contributed by atoms with van der Waals surface area (Å²) in [7, 11) is 3.29. The molecule has 2 N–H and O–H groups in total. The molecule has 6 nitrogen and oxygen atoms in total. The maximum absolute atomic E-state index is 12.0. The zero-order valence-electron chi connectivity index (χ0n) is 12.8. The Morgan fingerprint density at radius 1 is 1.62 bits per heavy atom. The molecule has 1 aromatic heterocycles. The van der Waals surface area contributed by atoms with Crippen molar-refractivity contribution in [2.75, 3.05) is 20.3 Å². The van der Waals surface area contributed by atoms with Gasteiger partial charge in [0.25, 0.3) is 0 Å². The number of nitrogens with one attached hydrogen (secondary N) is 1. The monoisotopic (exact) mass is 315 g/mol. The van der Waals surface area contributed by atoms with Crippen molar-refractivity contribution in [1.29, 1.82) is 0 Å². The van der Waals surface area contributed by atoms with Crippen molar-refractivity contribution < 1.29 is 14.6 Å². The Labute approximate surface area is 129 Å². The zero-order valence-corrected chi connectivity index (χ0v) is 13.6. The molecule has 1 amide bonds. The molecule has 0 radical (unpaired) electrons. The van der Waals surface area contributed by atoms with Gasteiger partial charge in [-0.05, 0) is 26.3 Å². The number of carbonyl (C=O) groups is 1. The molecular formula is C14H22ClN3O3. The van der Waals surface area contributed by atoms with Gasteiger partial charge in [-0.2, -0.15) is 5.10 Å².